The zero-order valence-electron chi connectivity index (χ0n) is 48.1. The van der Waals surface area contributed by atoms with E-state index in [0.717, 1.165) is 89.9 Å². The van der Waals surface area contributed by atoms with Crippen LogP contribution in [0.4, 0.5) is 0 Å². The van der Waals surface area contributed by atoms with E-state index in [4.69, 9.17) is 9.05 Å². The van der Waals surface area contributed by atoms with Crippen LogP contribution in [0.5, 0.6) is 0 Å². The smallest absolute Gasteiger partial charge is 0.268 e. The highest BCUT2D eigenvalue weighted by atomic mass is 31.2. The second kappa shape index (κ2) is 54.2. The molecule has 0 aromatic carbocycles. The fourth-order valence-corrected chi connectivity index (χ4v) is 9.13. The molecule has 0 bridgehead atoms. The van der Waals surface area contributed by atoms with Crippen molar-refractivity contribution < 1.29 is 32.9 Å². The Morgan fingerprint density at radius 3 is 1.22 bits per heavy atom. The maximum atomic E-state index is 13.0. The molecule has 0 saturated carbocycles. The van der Waals surface area contributed by atoms with Crippen LogP contribution in [0.1, 0.15) is 251 Å². The van der Waals surface area contributed by atoms with Crippen LogP contribution in [0.25, 0.3) is 0 Å². The predicted molar refractivity (Wildman–Crippen MR) is 316 cm³/mol. The number of aliphatic hydroxyl groups is 1. The number of unbranched alkanes of at least 4 members (excludes halogenated alkanes) is 25. The third-order valence-electron chi connectivity index (χ3n) is 13.1. The van der Waals surface area contributed by atoms with Crippen LogP contribution in [0, 0.1) is 0 Å². The van der Waals surface area contributed by atoms with Gasteiger partial charge in [-0.25, -0.2) is 0 Å². The number of aliphatic hydroxyl groups excluding tert-OH is 1. The average Bonchev–Trinajstić information content (AvgIpc) is 3.35. The van der Waals surface area contributed by atoms with Gasteiger partial charge in [0, 0.05) is 6.42 Å². The van der Waals surface area contributed by atoms with E-state index in [1.54, 1.807) is 0 Å². The molecule has 0 aliphatic rings. The Balaban J connectivity index is 3.98. The Kier molecular flexibility index (Phi) is 52.3. The first-order valence-corrected chi connectivity index (χ1v) is 31.5. The van der Waals surface area contributed by atoms with Gasteiger partial charge in [0.1, 0.15) is 13.2 Å². The number of likely N-dealkylation sites (N-methyl/N-ethyl adjacent to an activating group) is 1. The molecule has 0 heterocycles. The van der Waals surface area contributed by atoms with Crippen molar-refractivity contribution in [2.45, 2.75) is 264 Å². The normalized spacial score (nSPS) is 14.6. The number of nitrogens with one attached hydrogen (secondary N) is 1. The fourth-order valence-electron chi connectivity index (χ4n) is 8.41. The molecule has 0 aromatic heterocycles. The lowest BCUT2D eigenvalue weighted by molar-refractivity contribution is -0.870. The van der Waals surface area contributed by atoms with Gasteiger partial charge in [-0.3, -0.25) is 9.36 Å². The summed E-state index contributed by atoms with van der Waals surface area (Å²) in [6, 6.07) is -0.804. The first kappa shape index (κ1) is 70.4. The molecule has 0 spiro atoms. The molecular weight excluding hydrogens is 924 g/mol. The second-order valence-electron chi connectivity index (χ2n) is 21.3. The van der Waals surface area contributed by atoms with Crippen molar-refractivity contribution in [2.24, 2.45) is 0 Å². The first-order chi connectivity index (χ1) is 35.5. The van der Waals surface area contributed by atoms with Gasteiger partial charge in [-0.05, 0) is 77.0 Å². The molecule has 0 saturated heterocycles. The molecule has 0 aromatic rings. The SMILES string of the molecule is CC/C=C\C/C=C\C/C=C\C/C=C\C/C=C\C/C=C\C/C=C\C/C=C\CCCCCCCCCCCCCCCCC(=O)NC(COP(=O)([O-])OCC[N+](C)(C)C)C(O)CCCCCCCCCCCCCC. The van der Waals surface area contributed by atoms with Gasteiger partial charge in [0.2, 0.25) is 5.91 Å². The molecule has 3 atom stereocenters. The Labute approximate surface area is 451 Å². The maximum Gasteiger partial charge on any atom is 0.268 e. The fraction of sp³-hybridized carbons (Fsp3) is 0.734. The van der Waals surface area contributed by atoms with Crippen molar-refractivity contribution >= 4 is 13.7 Å². The number of carbonyl (C=O) groups excluding carboxylic acids is 1. The molecule has 0 radical (unpaired) electrons. The number of quaternary nitrogens is 1. The molecule has 2 N–H and O–H groups in total. The number of nitrogens with zero attached hydrogens (tertiary/aromatic N) is 1. The van der Waals surface area contributed by atoms with Crippen LogP contribution in [0.2, 0.25) is 0 Å². The lowest BCUT2D eigenvalue weighted by Crippen LogP contribution is -2.46. The van der Waals surface area contributed by atoms with Gasteiger partial charge in [0.25, 0.3) is 7.82 Å². The minimum absolute atomic E-state index is 0.00944. The minimum atomic E-state index is -4.57. The van der Waals surface area contributed by atoms with E-state index in [-0.39, 0.29) is 19.1 Å². The lowest BCUT2D eigenvalue weighted by Gasteiger charge is -2.30. The maximum absolute atomic E-state index is 13.0. The Hall–Kier alpha value is -2.58. The van der Waals surface area contributed by atoms with Crippen LogP contribution in [-0.2, 0) is 18.4 Å². The van der Waals surface area contributed by atoms with Crippen molar-refractivity contribution in [1.82, 2.24) is 5.32 Å². The van der Waals surface area contributed by atoms with Crippen LogP contribution in [0.15, 0.2) is 97.2 Å². The third kappa shape index (κ3) is 57.0. The highest BCUT2D eigenvalue weighted by Gasteiger charge is 2.24. The summed E-state index contributed by atoms with van der Waals surface area (Å²) in [7, 11) is 1.30. The number of amides is 1. The Morgan fingerprint density at radius 1 is 0.493 bits per heavy atom. The van der Waals surface area contributed by atoms with E-state index in [1.165, 1.54) is 135 Å². The number of carbonyl (C=O) groups is 1. The highest BCUT2D eigenvalue weighted by Crippen LogP contribution is 2.38. The van der Waals surface area contributed by atoms with E-state index in [9.17, 15) is 19.4 Å². The topological polar surface area (TPSA) is 108 Å². The van der Waals surface area contributed by atoms with Crippen molar-refractivity contribution in [3.05, 3.63) is 97.2 Å². The molecule has 0 aliphatic heterocycles. The van der Waals surface area contributed by atoms with E-state index in [0.29, 0.717) is 23.9 Å². The number of rotatable bonds is 54. The first-order valence-electron chi connectivity index (χ1n) is 30.1. The Morgan fingerprint density at radius 2 is 0.836 bits per heavy atom. The van der Waals surface area contributed by atoms with Gasteiger partial charge >= 0.3 is 0 Å². The molecule has 73 heavy (non-hydrogen) atoms. The molecule has 0 aliphatic carbocycles. The monoisotopic (exact) mass is 1040 g/mol. The zero-order chi connectivity index (χ0) is 53.5. The van der Waals surface area contributed by atoms with Gasteiger partial charge in [-0.2, -0.15) is 0 Å². The summed E-state index contributed by atoms with van der Waals surface area (Å²) in [5, 5.41) is 14.0. The summed E-state index contributed by atoms with van der Waals surface area (Å²) < 4.78 is 23.4. The van der Waals surface area contributed by atoms with Crippen LogP contribution >= 0.6 is 7.82 Å². The number of allylic oxidation sites excluding steroid dienone is 16. The number of phosphoric acid groups is 1. The summed E-state index contributed by atoms with van der Waals surface area (Å²) in [5.41, 5.74) is 0. The second-order valence-corrected chi connectivity index (χ2v) is 22.7. The van der Waals surface area contributed by atoms with Crippen molar-refractivity contribution in [1.29, 1.82) is 0 Å². The summed E-state index contributed by atoms with van der Waals surface area (Å²) in [6.45, 7) is 4.60. The highest BCUT2D eigenvalue weighted by molar-refractivity contribution is 7.45. The summed E-state index contributed by atoms with van der Waals surface area (Å²) in [4.78, 5) is 25.5. The summed E-state index contributed by atoms with van der Waals surface area (Å²) in [5.74, 6) is -0.168. The molecule has 8 nitrogen and oxygen atoms in total. The average molecular weight is 1040 g/mol. The summed E-state index contributed by atoms with van der Waals surface area (Å²) in [6.07, 6.45) is 77.4. The molecule has 1 amide bonds. The van der Waals surface area contributed by atoms with E-state index < -0.39 is 20.0 Å². The van der Waals surface area contributed by atoms with Crippen LogP contribution in [0.3, 0.4) is 0 Å². The Bertz CT molecular complexity index is 1510. The van der Waals surface area contributed by atoms with Crippen molar-refractivity contribution in [3.63, 3.8) is 0 Å². The minimum Gasteiger partial charge on any atom is -0.756 e. The van der Waals surface area contributed by atoms with E-state index in [2.05, 4.69) is 116 Å². The van der Waals surface area contributed by atoms with E-state index >= 15 is 0 Å². The van der Waals surface area contributed by atoms with Gasteiger partial charge in [0.05, 0.1) is 39.9 Å². The summed E-state index contributed by atoms with van der Waals surface area (Å²) >= 11 is 0. The molecular formula is C64H115N2O6P. The largest absolute Gasteiger partial charge is 0.756 e. The third-order valence-corrected chi connectivity index (χ3v) is 14.1. The van der Waals surface area contributed by atoms with Gasteiger partial charge in [-0.15, -0.1) is 0 Å². The molecule has 422 valence electrons. The molecule has 0 fully saturated rings. The number of phosphoric ester groups is 1. The number of hydrogen-bond acceptors (Lipinski definition) is 6. The quantitative estimate of drug-likeness (QED) is 0.0272. The van der Waals surface area contributed by atoms with Crippen LogP contribution < -0.4 is 10.2 Å². The molecule has 3 unspecified atom stereocenters. The standard InChI is InChI=1S/C64H115N2O6P/c1-6-8-10-12-14-16-18-20-21-22-23-24-25-26-27-28-29-30-31-32-33-34-35-36-37-38-39-40-41-42-43-44-45-46-48-50-52-54-56-58-64(68)65-62(61-72-73(69,70)71-60-59-66(3,4)5)63(67)57-55-53-51-49-47-19-17-15-13-11-9-7-2/h8,10,14,16,20-21,23-24,26-27,29-30,32-33,35-36,62-63,67H,6-7,9,11-13,15,17-19,22,25,28,31,34,37-61H2,1-5H3,(H-,65,68,69,70)/b10-8-,16-14-,21-20-,24-23-,27-26-,30-29-,33-32-,36-35-. The van der Waals surface area contributed by atoms with Crippen molar-refractivity contribution in [3.8, 4) is 0 Å². The van der Waals surface area contributed by atoms with Gasteiger partial charge in [0.15, 0.2) is 0 Å². The van der Waals surface area contributed by atoms with Gasteiger partial charge in [-0.1, -0.05) is 265 Å². The van der Waals surface area contributed by atoms with Crippen LogP contribution in [-0.4, -0.2) is 68.5 Å². The zero-order valence-corrected chi connectivity index (χ0v) is 49.0. The predicted octanol–water partition coefficient (Wildman–Crippen LogP) is 18.0. The van der Waals surface area contributed by atoms with Crippen molar-refractivity contribution in [2.75, 3.05) is 40.9 Å². The lowest BCUT2D eigenvalue weighted by atomic mass is 10.0. The molecule has 9 heteroatoms. The van der Waals surface area contributed by atoms with Gasteiger partial charge < -0.3 is 28.8 Å². The van der Waals surface area contributed by atoms with E-state index in [1.807, 2.05) is 21.1 Å². The molecule has 0 rings (SSSR count). The number of hydrogen-bond donors (Lipinski definition) is 2.